The first-order valence-corrected chi connectivity index (χ1v) is 7.33. The molecule has 0 bridgehead atoms. The molecule has 0 aromatic heterocycles. The summed E-state index contributed by atoms with van der Waals surface area (Å²) in [6.45, 7) is 0.233. The van der Waals surface area contributed by atoms with Gasteiger partial charge in [-0.15, -0.1) is 0 Å². The average Bonchev–Trinajstić information content (AvgIpc) is 2.50. The summed E-state index contributed by atoms with van der Waals surface area (Å²) in [5.41, 5.74) is 7.14. The Labute approximate surface area is 131 Å². The summed E-state index contributed by atoms with van der Waals surface area (Å²) in [6, 6.07) is 11.6. The zero-order valence-corrected chi connectivity index (χ0v) is 13.2. The van der Waals surface area contributed by atoms with Gasteiger partial charge in [-0.3, -0.25) is 0 Å². The minimum atomic E-state index is -0.910. The van der Waals surface area contributed by atoms with Crippen LogP contribution in [-0.2, 0) is 0 Å². The summed E-state index contributed by atoms with van der Waals surface area (Å²) in [4.78, 5) is 0. The van der Waals surface area contributed by atoms with Crippen LogP contribution in [0.15, 0.2) is 46.9 Å². The van der Waals surface area contributed by atoms with Crippen LogP contribution in [0.1, 0.15) is 23.1 Å². The molecule has 0 radical (unpaired) electrons. The second kappa shape index (κ2) is 7.02. The molecule has 112 valence electrons. The van der Waals surface area contributed by atoms with Crippen molar-refractivity contribution in [3.8, 4) is 5.75 Å². The maximum Gasteiger partial charge on any atom is 0.123 e. The number of hydrogen-bond donors (Lipinski definition) is 2. The monoisotopic (exact) mass is 353 g/mol. The van der Waals surface area contributed by atoms with Crippen molar-refractivity contribution in [3.63, 3.8) is 0 Å². The topological polar surface area (TPSA) is 55.5 Å². The Hall–Kier alpha value is -1.43. The Morgan fingerprint density at radius 1 is 1.29 bits per heavy atom. The van der Waals surface area contributed by atoms with Crippen LogP contribution < -0.4 is 10.5 Å². The molecular weight excluding hydrogens is 337 g/mol. The molecule has 0 heterocycles. The third-order valence-corrected chi connectivity index (χ3v) is 4.16. The first kappa shape index (κ1) is 15.9. The highest BCUT2D eigenvalue weighted by Gasteiger charge is 2.24. The van der Waals surface area contributed by atoms with Crippen molar-refractivity contribution in [2.45, 2.75) is 12.0 Å². The number of halogens is 2. The third kappa shape index (κ3) is 3.61. The summed E-state index contributed by atoms with van der Waals surface area (Å²) in [7, 11) is 1.58. The fourth-order valence-electron chi connectivity index (χ4n) is 2.28. The van der Waals surface area contributed by atoms with Crippen molar-refractivity contribution < 1.29 is 14.2 Å². The number of benzene rings is 2. The lowest BCUT2D eigenvalue weighted by Crippen LogP contribution is -2.20. The second-order valence-corrected chi connectivity index (χ2v) is 5.58. The molecule has 2 aromatic carbocycles. The van der Waals surface area contributed by atoms with Crippen molar-refractivity contribution in [1.29, 1.82) is 0 Å². The molecule has 21 heavy (non-hydrogen) atoms. The zero-order chi connectivity index (χ0) is 15.4. The van der Waals surface area contributed by atoms with Gasteiger partial charge in [-0.1, -0.05) is 28.1 Å². The van der Waals surface area contributed by atoms with Crippen LogP contribution in [0, 0.1) is 5.82 Å². The van der Waals surface area contributed by atoms with E-state index in [0.717, 1.165) is 5.56 Å². The molecule has 2 atom stereocenters. The highest BCUT2D eigenvalue weighted by Crippen LogP contribution is 2.35. The molecule has 0 spiro atoms. The van der Waals surface area contributed by atoms with Crippen LogP contribution in [0.5, 0.6) is 5.75 Å². The molecule has 0 fully saturated rings. The van der Waals surface area contributed by atoms with Gasteiger partial charge < -0.3 is 15.6 Å². The SMILES string of the molecule is COc1cccc(C(CN)C(O)c2cc(F)ccc2Br)c1. The summed E-state index contributed by atoms with van der Waals surface area (Å²) in [5, 5.41) is 10.6. The van der Waals surface area contributed by atoms with Crippen LogP contribution >= 0.6 is 15.9 Å². The van der Waals surface area contributed by atoms with E-state index < -0.39 is 11.9 Å². The summed E-state index contributed by atoms with van der Waals surface area (Å²) >= 11 is 3.34. The van der Waals surface area contributed by atoms with E-state index in [-0.39, 0.29) is 12.5 Å². The second-order valence-electron chi connectivity index (χ2n) is 4.73. The molecule has 0 amide bonds. The lowest BCUT2D eigenvalue weighted by Gasteiger charge is -2.23. The number of methoxy groups -OCH3 is 1. The van der Waals surface area contributed by atoms with E-state index in [4.69, 9.17) is 10.5 Å². The lowest BCUT2D eigenvalue weighted by atomic mass is 9.89. The first-order valence-electron chi connectivity index (χ1n) is 6.54. The van der Waals surface area contributed by atoms with Crippen molar-refractivity contribution in [2.24, 2.45) is 5.73 Å². The zero-order valence-electron chi connectivity index (χ0n) is 11.6. The predicted molar refractivity (Wildman–Crippen MR) is 83.8 cm³/mol. The molecule has 3 nitrogen and oxygen atoms in total. The number of ether oxygens (including phenoxy) is 1. The van der Waals surface area contributed by atoms with Crippen LogP contribution in [0.25, 0.3) is 0 Å². The van der Waals surface area contributed by atoms with Crippen LogP contribution in [0.3, 0.4) is 0 Å². The number of rotatable bonds is 5. The van der Waals surface area contributed by atoms with Gasteiger partial charge in [0.25, 0.3) is 0 Å². The van der Waals surface area contributed by atoms with E-state index in [1.165, 1.54) is 12.1 Å². The van der Waals surface area contributed by atoms with E-state index >= 15 is 0 Å². The van der Waals surface area contributed by atoms with Crippen molar-refractivity contribution >= 4 is 15.9 Å². The Morgan fingerprint density at radius 3 is 2.71 bits per heavy atom. The lowest BCUT2D eigenvalue weighted by molar-refractivity contribution is 0.146. The standard InChI is InChI=1S/C16H17BrFNO2/c1-21-12-4-2-3-10(7-12)14(9-19)16(20)13-8-11(18)5-6-15(13)17/h2-8,14,16,20H,9,19H2,1H3. The molecular formula is C16H17BrFNO2. The molecule has 0 saturated carbocycles. The maximum absolute atomic E-state index is 13.4. The van der Waals surface area contributed by atoms with E-state index in [1.807, 2.05) is 24.3 Å². The van der Waals surface area contributed by atoms with Gasteiger partial charge in [-0.2, -0.15) is 0 Å². The summed E-state index contributed by atoms with van der Waals surface area (Å²) in [6.07, 6.45) is -0.910. The van der Waals surface area contributed by atoms with Gasteiger partial charge >= 0.3 is 0 Å². The molecule has 2 unspecified atom stereocenters. The molecule has 0 aliphatic carbocycles. The number of hydrogen-bond acceptors (Lipinski definition) is 3. The van der Waals surface area contributed by atoms with Gasteiger partial charge in [-0.25, -0.2) is 4.39 Å². The maximum atomic E-state index is 13.4. The molecule has 2 rings (SSSR count). The highest BCUT2D eigenvalue weighted by atomic mass is 79.9. The molecule has 3 N–H and O–H groups in total. The van der Waals surface area contributed by atoms with Gasteiger partial charge in [-0.05, 0) is 41.5 Å². The van der Waals surface area contributed by atoms with E-state index in [1.54, 1.807) is 13.2 Å². The minimum absolute atomic E-state index is 0.233. The number of aliphatic hydroxyl groups excluding tert-OH is 1. The van der Waals surface area contributed by atoms with Crippen molar-refractivity contribution in [1.82, 2.24) is 0 Å². The molecule has 0 saturated heterocycles. The Kier molecular flexibility index (Phi) is 5.33. The Balaban J connectivity index is 2.37. The molecule has 0 aliphatic heterocycles. The molecule has 0 aliphatic rings. The van der Waals surface area contributed by atoms with Crippen LogP contribution in [0.2, 0.25) is 0 Å². The number of nitrogens with two attached hydrogens (primary N) is 1. The van der Waals surface area contributed by atoms with Crippen molar-refractivity contribution in [3.05, 3.63) is 63.9 Å². The normalized spacial score (nSPS) is 13.8. The molecule has 2 aromatic rings. The van der Waals surface area contributed by atoms with Crippen LogP contribution in [-0.4, -0.2) is 18.8 Å². The van der Waals surface area contributed by atoms with Crippen molar-refractivity contribution in [2.75, 3.05) is 13.7 Å². The largest absolute Gasteiger partial charge is 0.497 e. The average molecular weight is 354 g/mol. The van der Waals surface area contributed by atoms with E-state index in [0.29, 0.717) is 15.8 Å². The van der Waals surface area contributed by atoms with Crippen LogP contribution in [0.4, 0.5) is 4.39 Å². The van der Waals surface area contributed by atoms with Gasteiger partial charge in [0.1, 0.15) is 11.6 Å². The third-order valence-electron chi connectivity index (χ3n) is 3.43. The first-order chi connectivity index (χ1) is 10.1. The van der Waals surface area contributed by atoms with Gasteiger partial charge in [0.05, 0.1) is 13.2 Å². The fraction of sp³-hybridized carbons (Fsp3) is 0.250. The summed E-state index contributed by atoms with van der Waals surface area (Å²) < 4.78 is 19.2. The van der Waals surface area contributed by atoms with Gasteiger partial charge in [0.2, 0.25) is 0 Å². The fourth-order valence-corrected chi connectivity index (χ4v) is 2.76. The van der Waals surface area contributed by atoms with Gasteiger partial charge in [0.15, 0.2) is 0 Å². The number of aliphatic hydroxyl groups is 1. The Bertz CT molecular complexity index is 621. The van der Waals surface area contributed by atoms with E-state index in [2.05, 4.69) is 15.9 Å². The predicted octanol–water partition coefficient (Wildman–Crippen LogP) is 3.37. The molecule has 5 heteroatoms. The quantitative estimate of drug-likeness (QED) is 0.866. The van der Waals surface area contributed by atoms with Gasteiger partial charge in [0, 0.05) is 16.9 Å². The minimum Gasteiger partial charge on any atom is -0.497 e. The Morgan fingerprint density at radius 2 is 2.05 bits per heavy atom. The van der Waals surface area contributed by atoms with E-state index in [9.17, 15) is 9.50 Å². The summed E-state index contributed by atoms with van der Waals surface area (Å²) in [5.74, 6) is -0.0525. The highest BCUT2D eigenvalue weighted by molar-refractivity contribution is 9.10. The smallest absolute Gasteiger partial charge is 0.123 e.